The van der Waals surface area contributed by atoms with Crippen LogP contribution in [-0.2, 0) is 7.05 Å². The van der Waals surface area contributed by atoms with Crippen molar-refractivity contribution in [3.8, 4) is 5.75 Å². The second-order valence-corrected chi connectivity index (χ2v) is 3.18. The van der Waals surface area contributed by atoms with Crippen LogP contribution in [0, 0.1) is 5.92 Å². The maximum absolute atomic E-state index is 5.51. The van der Waals surface area contributed by atoms with Gasteiger partial charge in [0, 0.05) is 26.1 Å². The van der Waals surface area contributed by atoms with Crippen LogP contribution in [-0.4, -0.2) is 29.5 Å². The van der Waals surface area contributed by atoms with E-state index in [1.54, 1.807) is 10.9 Å². The third-order valence-corrected chi connectivity index (χ3v) is 2.03. The zero-order chi connectivity index (χ0) is 8.39. The fourth-order valence-electron chi connectivity index (χ4n) is 1.15. The molecule has 2 rings (SSSR count). The number of nitrogens with one attached hydrogen (secondary N) is 1. The highest BCUT2D eigenvalue weighted by Crippen LogP contribution is 2.10. The summed E-state index contributed by atoms with van der Waals surface area (Å²) in [5.41, 5.74) is 0. The Morgan fingerprint density at radius 1 is 1.75 bits per heavy atom. The zero-order valence-electron chi connectivity index (χ0n) is 7.16. The molecule has 0 bridgehead atoms. The average Bonchev–Trinajstić information content (AvgIpc) is 2.32. The molecule has 4 nitrogen and oxygen atoms in total. The van der Waals surface area contributed by atoms with Crippen molar-refractivity contribution < 1.29 is 4.74 Å². The van der Waals surface area contributed by atoms with Crippen molar-refractivity contribution in [2.75, 3.05) is 19.7 Å². The van der Waals surface area contributed by atoms with E-state index in [0.717, 1.165) is 25.4 Å². The normalized spacial score (nSPS) is 17.4. The summed E-state index contributed by atoms with van der Waals surface area (Å²) in [7, 11) is 1.89. The highest BCUT2D eigenvalue weighted by atomic mass is 16.5. The second kappa shape index (κ2) is 3.15. The van der Waals surface area contributed by atoms with Gasteiger partial charge in [0.05, 0.1) is 19.0 Å². The topological polar surface area (TPSA) is 39.1 Å². The summed E-state index contributed by atoms with van der Waals surface area (Å²) in [6, 6.07) is 0. The molecule has 0 saturated carbocycles. The van der Waals surface area contributed by atoms with E-state index in [4.69, 9.17) is 4.74 Å². The van der Waals surface area contributed by atoms with Crippen LogP contribution < -0.4 is 10.1 Å². The minimum absolute atomic E-state index is 0.685. The largest absolute Gasteiger partial charge is 0.490 e. The summed E-state index contributed by atoms with van der Waals surface area (Å²) in [4.78, 5) is 0. The van der Waals surface area contributed by atoms with Gasteiger partial charge in [-0.3, -0.25) is 4.68 Å². The molecule has 1 aliphatic rings. The molecule has 1 aliphatic heterocycles. The summed E-state index contributed by atoms with van der Waals surface area (Å²) >= 11 is 0. The average molecular weight is 167 g/mol. The Hall–Kier alpha value is -1.03. The minimum atomic E-state index is 0.685. The molecule has 2 heterocycles. The Morgan fingerprint density at radius 2 is 2.58 bits per heavy atom. The number of nitrogens with zero attached hydrogens (tertiary/aromatic N) is 2. The van der Waals surface area contributed by atoms with E-state index in [1.807, 2.05) is 13.2 Å². The number of aromatic nitrogens is 2. The molecule has 0 aliphatic carbocycles. The summed E-state index contributed by atoms with van der Waals surface area (Å²) in [6.45, 7) is 2.97. The fourth-order valence-corrected chi connectivity index (χ4v) is 1.15. The lowest BCUT2D eigenvalue weighted by Crippen LogP contribution is -2.45. The van der Waals surface area contributed by atoms with Gasteiger partial charge >= 0.3 is 0 Å². The second-order valence-electron chi connectivity index (χ2n) is 3.18. The lowest BCUT2D eigenvalue weighted by atomic mass is 10.1. The molecule has 12 heavy (non-hydrogen) atoms. The highest BCUT2D eigenvalue weighted by Gasteiger charge is 2.17. The Bertz CT molecular complexity index is 255. The van der Waals surface area contributed by atoms with Gasteiger partial charge in [0.2, 0.25) is 0 Å². The standard InChI is InChI=1S/C8H13N3O/c1-11-5-8(4-10-11)12-6-7-2-9-3-7/h4-5,7,9H,2-3,6H2,1H3. The van der Waals surface area contributed by atoms with Gasteiger partial charge in [-0.15, -0.1) is 0 Å². The van der Waals surface area contributed by atoms with E-state index in [-0.39, 0.29) is 0 Å². The molecule has 0 aromatic carbocycles. The Morgan fingerprint density at radius 3 is 3.08 bits per heavy atom. The quantitative estimate of drug-likeness (QED) is 0.689. The lowest BCUT2D eigenvalue weighted by molar-refractivity contribution is 0.199. The van der Waals surface area contributed by atoms with E-state index < -0.39 is 0 Å². The molecule has 1 aromatic heterocycles. The Labute approximate surface area is 71.5 Å². The van der Waals surface area contributed by atoms with Crippen LogP contribution in [0.25, 0.3) is 0 Å². The molecule has 1 N–H and O–H groups in total. The minimum Gasteiger partial charge on any atom is -0.490 e. The SMILES string of the molecule is Cn1cc(OCC2CNC2)cn1. The molecule has 1 saturated heterocycles. The van der Waals surface area contributed by atoms with Crippen molar-refractivity contribution in [3.63, 3.8) is 0 Å². The van der Waals surface area contributed by atoms with Gasteiger partial charge in [0.1, 0.15) is 0 Å². The summed E-state index contributed by atoms with van der Waals surface area (Å²) in [6.07, 6.45) is 3.62. The molecule has 0 amide bonds. The van der Waals surface area contributed by atoms with Crippen molar-refractivity contribution in [3.05, 3.63) is 12.4 Å². The zero-order valence-corrected chi connectivity index (χ0v) is 7.16. The van der Waals surface area contributed by atoms with E-state index in [0.29, 0.717) is 5.92 Å². The number of hydrogen-bond acceptors (Lipinski definition) is 3. The van der Waals surface area contributed by atoms with Crippen LogP contribution in [0.5, 0.6) is 5.75 Å². The van der Waals surface area contributed by atoms with Crippen molar-refractivity contribution in [1.82, 2.24) is 15.1 Å². The van der Waals surface area contributed by atoms with E-state index in [9.17, 15) is 0 Å². The van der Waals surface area contributed by atoms with Gasteiger partial charge < -0.3 is 10.1 Å². The van der Waals surface area contributed by atoms with Gasteiger partial charge in [-0.25, -0.2) is 0 Å². The summed E-state index contributed by atoms with van der Waals surface area (Å²) in [5.74, 6) is 1.55. The third kappa shape index (κ3) is 1.58. The highest BCUT2D eigenvalue weighted by molar-refractivity contribution is 5.11. The summed E-state index contributed by atoms with van der Waals surface area (Å²) in [5, 5.41) is 7.22. The Balaban J connectivity index is 1.79. The third-order valence-electron chi connectivity index (χ3n) is 2.03. The van der Waals surface area contributed by atoms with Crippen LogP contribution in [0.3, 0.4) is 0 Å². The van der Waals surface area contributed by atoms with Crippen LogP contribution >= 0.6 is 0 Å². The molecule has 0 atom stereocenters. The molecule has 4 heteroatoms. The molecule has 1 fully saturated rings. The van der Waals surface area contributed by atoms with Crippen LogP contribution in [0.1, 0.15) is 0 Å². The molecule has 0 radical (unpaired) electrons. The predicted octanol–water partition coefficient (Wildman–Crippen LogP) is 0.0183. The van der Waals surface area contributed by atoms with Crippen molar-refractivity contribution >= 4 is 0 Å². The maximum atomic E-state index is 5.51. The number of aryl methyl sites for hydroxylation is 1. The molecular formula is C8H13N3O. The number of rotatable bonds is 3. The lowest BCUT2D eigenvalue weighted by Gasteiger charge is -2.26. The predicted molar refractivity (Wildman–Crippen MR) is 45.1 cm³/mol. The Kier molecular flexibility index (Phi) is 1.99. The smallest absolute Gasteiger partial charge is 0.157 e. The van der Waals surface area contributed by atoms with Crippen LogP contribution in [0.4, 0.5) is 0 Å². The van der Waals surface area contributed by atoms with E-state index in [2.05, 4.69) is 10.4 Å². The number of hydrogen-bond donors (Lipinski definition) is 1. The van der Waals surface area contributed by atoms with Crippen LogP contribution in [0.2, 0.25) is 0 Å². The van der Waals surface area contributed by atoms with Gasteiger partial charge in [-0.1, -0.05) is 0 Å². The fraction of sp³-hybridized carbons (Fsp3) is 0.625. The van der Waals surface area contributed by atoms with Crippen LogP contribution in [0.15, 0.2) is 12.4 Å². The monoisotopic (exact) mass is 167 g/mol. The molecule has 66 valence electrons. The first kappa shape index (κ1) is 7.61. The van der Waals surface area contributed by atoms with Crippen molar-refractivity contribution in [2.45, 2.75) is 0 Å². The first-order valence-electron chi connectivity index (χ1n) is 4.17. The van der Waals surface area contributed by atoms with Gasteiger partial charge in [0.15, 0.2) is 5.75 Å². The first-order chi connectivity index (χ1) is 5.84. The van der Waals surface area contributed by atoms with Gasteiger partial charge in [0.25, 0.3) is 0 Å². The molecular weight excluding hydrogens is 154 g/mol. The van der Waals surface area contributed by atoms with Crippen molar-refractivity contribution in [1.29, 1.82) is 0 Å². The van der Waals surface area contributed by atoms with Gasteiger partial charge in [-0.05, 0) is 0 Å². The van der Waals surface area contributed by atoms with E-state index in [1.165, 1.54) is 0 Å². The first-order valence-corrected chi connectivity index (χ1v) is 4.17. The maximum Gasteiger partial charge on any atom is 0.157 e. The van der Waals surface area contributed by atoms with Crippen molar-refractivity contribution in [2.24, 2.45) is 13.0 Å². The van der Waals surface area contributed by atoms with Gasteiger partial charge in [-0.2, -0.15) is 5.10 Å². The number of ether oxygens (including phenoxy) is 1. The molecule has 1 aromatic rings. The van der Waals surface area contributed by atoms with E-state index >= 15 is 0 Å². The molecule has 0 spiro atoms. The molecule has 0 unspecified atom stereocenters. The summed E-state index contributed by atoms with van der Waals surface area (Å²) < 4.78 is 7.25.